The van der Waals surface area contributed by atoms with Gasteiger partial charge in [0.05, 0.1) is 6.10 Å². The second kappa shape index (κ2) is 4.76. The van der Waals surface area contributed by atoms with E-state index in [-0.39, 0.29) is 0 Å². The summed E-state index contributed by atoms with van der Waals surface area (Å²) < 4.78 is 5.65. The fraction of sp³-hybridized carbons (Fsp3) is 1.00. The number of ether oxygens (including phenoxy) is 1. The summed E-state index contributed by atoms with van der Waals surface area (Å²) in [6.07, 6.45) is 7.08. The quantitative estimate of drug-likeness (QED) is 0.556. The Hall–Kier alpha value is -0.0400. The number of unbranched alkanes of at least 4 members (excludes halogenated alkanes) is 1. The van der Waals surface area contributed by atoms with Crippen LogP contribution in [0.5, 0.6) is 0 Å². The first kappa shape index (κ1) is 9.05. The predicted octanol–water partition coefficient (Wildman–Crippen LogP) is 2.99. The zero-order valence-corrected chi connectivity index (χ0v) is 7.81. The lowest BCUT2D eigenvalue weighted by atomic mass is 9.80. The highest BCUT2D eigenvalue weighted by Crippen LogP contribution is 2.32. The first-order valence-corrected chi connectivity index (χ1v) is 4.98. The van der Waals surface area contributed by atoms with Crippen LogP contribution in [0.1, 0.15) is 46.0 Å². The van der Waals surface area contributed by atoms with Crippen LogP contribution in [0.25, 0.3) is 0 Å². The molecule has 0 atom stereocenters. The molecule has 0 saturated heterocycles. The van der Waals surface area contributed by atoms with E-state index in [4.69, 9.17) is 4.74 Å². The zero-order chi connectivity index (χ0) is 8.10. The SMILES string of the molecule is CCCCOC1CC(CC)C1. The fourth-order valence-electron chi connectivity index (χ4n) is 1.54. The van der Waals surface area contributed by atoms with Crippen molar-refractivity contribution in [3.8, 4) is 0 Å². The molecule has 0 radical (unpaired) electrons. The zero-order valence-electron chi connectivity index (χ0n) is 7.81. The van der Waals surface area contributed by atoms with Crippen molar-refractivity contribution in [2.24, 2.45) is 5.92 Å². The Balaban J connectivity index is 1.88. The van der Waals surface area contributed by atoms with Crippen molar-refractivity contribution >= 4 is 0 Å². The van der Waals surface area contributed by atoms with Gasteiger partial charge in [-0.2, -0.15) is 0 Å². The maximum absolute atomic E-state index is 5.65. The highest BCUT2D eigenvalue weighted by Gasteiger charge is 2.27. The number of rotatable bonds is 5. The maximum atomic E-state index is 5.65. The minimum atomic E-state index is 0.617. The van der Waals surface area contributed by atoms with Gasteiger partial charge in [0.2, 0.25) is 0 Å². The molecule has 0 aliphatic heterocycles. The molecule has 1 aliphatic carbocycles. The highest BCUT2D eigenvalue weighted by molar-refractivity contribution is 4.78. The average molecular weight is 156 g/mol. The smallest absolute Gasteiger partial charge is 0.0580 e. The van der Waals surface area contributed by atoms with Crippen molar-refractivity contribution < 1.29 is 4.74 Å². The van der Waals surface area contributed by atoms with E-state index in [0.29, 0.717) is 6.10 Å². The van der Waals surface area contributed by atoms with E-state index in [1.54, 1.807) is 0 Å². The number of hydrogen-bond donors (Lipinski definition) is 0. The van der Waals surface area contributed by atoms with Crippen LogP contribution in [0.15, 0.2) is 0 Å². The molecule has 0 unspecified atom stereocenters. The summed E-state index contributed by atoms with van der Waals surface area (Å²) in [6.45, 7) is 5.46. The van der Waals surface area contributed by atoms with Crippen LogP contribution in [0.2, 0.25) is 0 Å². The lowest BCUT2D eigenvalue weighted by Gasteiger charge is -2.34. The van der Waals surface area contributed by atoms with Gasteiger partial charge in [-0.3, -0.25) is 0 Å². The number of hydrogen-bond acceptors (Lipinski definition) is 1. The summed E-state index contributed by atoms with van der Waals surface area (Å²) >= 11 is 0. The molecule has 0 heterocycles. The lowest BCUT2D eigenvalue weighted by Crippen LogP contribution is -2.31. The van der Waals surface area contributed by atoms with E-state index >= 15 is 0 Å². The maximum Gasteiger partial charge on any atom is 0.0580 e. The third-order valence-corrected chi connectivity index (χ3v) is 2.62. The molecule has 66 valence electrons. The molecule has 0 amide bonds. The molecule has 11 heavy (non-hydrogen) atoms. The van der Waals surface area contributed by atoms with Crippen molar-refractivity contribution in [2.45, 2.75) is 52.1 Å². The van der Waals surface area contributed by atoms with Gasteiger partial charge in [-0.15, -0.1) is 0 Å². The molecule has 0 N–H and O–H groups in total. The monoisotopic (exact) mass is 156 g/mol. The molecular formula is C10H20O. The molecule has 1 rings (SSSR count). The molecule has 0 spiro atoms. The Bertz CT molecular complexity index is 95.0. The van der Waals surface area contributed by atoms with Crippen molar-refractivity contribution in [2.75, 3.05) is 6.61 Å². The van der Waals surface area contributed by atoms with Crippen LogP contribution >= 0.6 is 0 Å². The van der Waals surface area contributed by atoms with Crippen molar-refractivity contribution in [1.29, 1.82) is 0 Å². The Morgan fingerprint density at radius 1 is 1.27 bits per heavy atom. The molecule has 1 saturated carbocycles. The van der Waals surface area contributed by atoms with Crippen LogP contribution in [-0.4, -0.2) is 12.7 Å². The van der Waals surface area contributed by atoms with Crippen LogP contribution in [0.4, 0.5) is 0 Å². The highest BCUT2D eigenvalue weighted by atomic mass is 16.5. The summed E-state index contributed by atoms with van der Waals surface area (Å²) in [4.78, 5) is 0. The Kier molecular flexibility index (Phi) is 3.92. The minimum Gasteiger partial charge on any atom is -0.378 e. The summed E-state index contributed by atoms with van der Waals surface area (Å²) in [5.41, 5.74) is 0. The van der Waals surface area contributed by atoms with Crippen LogP contribution in [0, 0.1) is 5.92 Å². The summed E-state index contributed by atoms with van der Waals surface area (Å²) in [5.74, 6) is 0.974. The Labute approximate surface area is 70.1 Å². The van der Waals surface area contributed by atoms with Gasteiger partial charge < -0.3 is 4.74 Å². The van der Waals surface area contributed by atoms with Crippen LogP contribution in [0.3, 0.4) is 0 Å². The topological polar surface area (TPSA) is 9.23 Å². The standard InChI is InChI=1S/C10H20O/c1-3-5-6-11-10-7-9(4-2)8-10/h9-10H,3-8H2,1-2H3. The molecule has 0 aromatic carbocycles. The molecule has 0 bridgehead atoms. The van der Waals surface area contributed by atoms with Gasteiger partial charge in [-0.1, -0.05) is 26.7 Å². The molecule has 0 aromatic heterocycles. The molecule has 1 nitrogen and oxygen atoms in total. The van der Waals surface area contributed by atoms with Gasteiger partial charge in [-0.25, -0.2) is 0 Å². The van der Waals surface area contributed by atoms with E-state index in [2.05, 4.69) is 13.8 Å². The van der Waals surface area contributed by atoms with Gasteiger partial charge in [0, 0.05) is 6.61 Å². The van der Waals surface area contributed by atoms with Crippen LogP contribution in [-0.2, 0) is 4.74 Å². The molecule has 1 aliphatic rings. The first-order chi connectivity index (χ1) is 5.36. The summed E-state index contributed by atoms with van der Waals surface area (Å²) in [5, 5.41) is 0. The largest absolute Gasteiger partial charge is 0.378 e. The molecule has 1 fully saturated rings. The van der Waals surface area contributed by atoms with E-state index in [9.17, 15) is 0 Å². The van der Waals surface area contributed by atoms with Gasteiger partial charge >= 0.3 is 0 Å². The molecule has 1 heteroatoms. The van der Waals surface area contributed by atoms with E-state index < -0.39 is 0 Å². The second-order valence-electron chi connectivity index (χ2n) is 3.59. The summed E-state index contributed by atoms with van der Waals surface area (Å²) in [6, 6.07) is 0. The molecule has 0 aromatic rings. The lowest BCUT2D eigenvalue weighted by molar-refractivity contribution is -0.0321. The first-order valence-electron chi connectivity index (χ1n) is 4.98. The van der Waals surface area contributed by atoms with Gasteiger partial charge in [-0.05, 0) is 25.2 Å². The minimum absolute atomic E-state index is 0.617. The normalized spacial score (nSPS) is 30.0. The summed E-state index contributed by atoms with van der Waals surface area (Å²) in [7, 11) is 0. The van der Waals surface area contributed by atoms with Gasteiger partial charge in [0.25, 0.3) is 0 Å². The predicted molar refractivity (Wildman–Crippen MR) is 47.7 cm³/mol. The van der Waals surface area contributed by atoms with Crippen molar-refractivity contribution in [1.82, 2.24) is 0 Å². The third kappa shape index (κ3) is 2.82. The van der Waals surface area contributed by atoms with Crippen LogP contribution < -0.4 is 0 Å². The van der Waals surface area contributed by atoms with Crippen molar-refractivity contribution in [3.05, 3.63) is 0 Å². The Morgan fingerprint density at radius 3 is 2.55 bits per heavy atom. The van der Waals surface area contributed by atoms with E-state index in [0.717, 1.165) is 12.5 Å². The van der Waals surface area contributed by atoms with Gasteiger partial charge in [0.1, 0.15) is 0 Å². The third-order valence-electron chi connectivity index (χ3n) is 2.62. The average Bonchev–Trinajstić information content (AvgIpc) is 1.94. The van der Waals surface area contributed by atoms with Gasteiger partial charge in [0.15, 0.2) is 0 Å². The van der Waals surface area contributed by atoms with Crippen molar-refractivity contribution in [3.63, 3.8) is 0 Å². The molecular weight excluding hydrogens is 136 g/mol. The van der Waals surface area contributed by atoms with E-state index in [1.165, 1.54) is 32.1 Å². The fourth-order valence-corrected chi connectivity index (χ4v) is 1.54. The van der Waals surface area contributed by atoms with E-state index in [1.807, 2.05) is 0 Å². The Morgan fingerprint density at radius 2 is 2.00 bits per heavy atom. The second-order valence-corrected chi connectivity index (χ2v) is 3.59.